The fraction of sp³-hybridized carbons (Fsp3) is 0.208. The molecule has 0 fully saturated rings. The number of rotatable bonds is 7. The maximum absolute atomic E-state index is 13.3. The first-order chi connectivity index (χ1) is 14.7. The lowest BCUT2D eigenvalue weighted by Gasteiger charge is -2.25. The van der Waals surface area contributed by atoms with E-state index in [9.17, 15) is 13.2 Å². The molecule has 0 saturated heterocycles. The summed E-state index contributed by atoms with van der Waals surface area (Å²) in [6, 6.07) is 20.2. The van der Waals surface area contributed by atoms with Crippen LogP contribution in [0.3, 0.4) is 0 Å². The fourth-order valence-corrected chi connectivity index (χ4v) is 4.93. The number of hydrogen-bond donors (Lipinski definition) is 1. The molecule has 1 N–H and O–H groups in total. The van der Waals surface area contributed by atoms with E-state index in [0.29, 0.717) is 10.7 Å². The van der Waals surface area contributed by atoms with Gasteiger partial charge in [-0.2, -0.15) is 0 Å². The minimum Gasteiger partial charge on any atom is -0.348 e. The molecule has 3 aromatic rings. The molecule has 1 unspecified atom stereocenters. The lowest BCUT2D eigenvalue weighted by atomic mass is 10.00. The number of hydrogen-bond acceptors (Lipinski definition) is 3. The summed E-state index contributed by atoms with van der Waals surface area (Å²) in [6.07, 6.45) is 0. The van der Waals surface area contributed by atoms with Crippen LogP contribution in [0.5, 0.6) is 0 Å². The number of benzene rings is 3. The Morgan fingerprint density at radius 3 is 2.29 bits per heavy atom. The average molecular weight is 457 g/mol. The molecule has 162 valence electrons. The van der Waals surface area contributed by atoms with Gasteiger partial charge in [0.05, 0.1) is 16.6 Å². The number of aryl methyl sites for hydroxylation is 2. The Kier molecular flexibility index (Phi) is 7.03. The Labute approximate surface area is 188 Å². The van der Waals surface area contributed by atoms with Crippen LogP contribution >= 0.6 is 11.6 Å². The SMILES string of the molecule is Cc1ccc(C)c(C(C)NC(=O)CN(c2ccc(Cl)cc2)S(=O)(=O)c2ccccc2)c1. The molecule has 3 aromatic carbocycles. The van der Waals surface area contributed by atoms with Crippen LogP contribution in [0.2, 0.25) is 5.02 Å². The summed E-state index contributed by atoms with van der Waals surface area (Å²) >= 11 is 5.97. The van der Waals surface area contributed by atoms with Crippen LogP contribution in [0, 0.1) is 13.8 Å². The first-order valence-electron chi connectivity index (χ1n) is 9.88. The molecule has 0 radical (unpaired) electrons. The quantitative estimate of drug-likeness (QED) is 0.542. The van der Waals surface area contributed by atoms with Gasteiger partial charge in [-0.1, -0.05) is 53.6 Å². The van der Waals surface area contributed by atoms with Crippen molar-refractivity contribution in [1.29, 1.82) is 0 Å². The number of sulfonamides is 1. The molecule has 0 spiro atoms. The summed E-state index contributed by atoms with van der Waals surface area (Å²) in [5, 5.41) is 3.41. The first kappa shape index (κ1) is 22.8. The zero-order chi connectivity index (χ0) is 22.6. The van der Waals surface area contributed by atoms with Crippen molar-refractivity contribution in [2.45, 2.75) is 31.7 Å². The molecule has 0 bridgehead atoms. The number of carbonyl (C=O) groups excluding carboxylic acids is 1. The molecule has 1 amide bonds. The van der Waals surface area contributed by atoms with Crippen molar-refractivity contribution in [3.63, 3.8) is 0 Å². The maximum Gasteiger partial charge on any atom is 0.264 e. The molecular formula is C24H25ClN2O3S. The monoisotopic (exact) mass is 456 g/mol. The van der Waals surface area contributed by atoms with Crippen molar-refractivity contribution in [2.75, 3.05) is 10.8 Å². The van der Waals surface area contributed by atoms with Crippen LogP contribution in [0.1, 0.15) is 29.7 Å². The molecule has 0 aliphatic carbocycles. The van der Waals surface area contributed by atoms with Gasteiger partial charge in [0, 0.05) is 5.02 Å². The standard InChI is InChI=1S/C24H25ClN2O3S/c1-17-9-10-18(2)23(15-17)19(3)26-24(28)16-27(21-13-11-20(25)12-14-21)31(29,30)22-7-5-4-6-8-22/h4-15,19H,16H2,1-3H3,(H,26,28). The zero-order valence-electron chi connectivity index (χ0n) is 17.7. The van der Waals surface area contributed by atoms with E-state index >= 15 is 0 Å². The van der Waals surface area contributed by atoms with Crippen molar-refractivity contribution in [3.8, 4) is 0 Å². The smallest absolute Gasteiger partial charge is 0.264 e. The number of anilines is 1. The molecular weight excluding hydrogens is 432 g/mol. The summed E-state index contributed by atoms with van der Waals surface area (Å²) in [6.45, 7) is 5.51. The third-order valence-electron chi connectivity index (χ3n) is 5.01. The highest BCUT2D eigenvalue weighted by Crippen LogP contribution is 2.25. The Morgan fingerprint density at radius 2 is 1.65 bits per heavy atom. The lowest BCUT2D eigenvalue weighted by molar-refractivity contribution is -0.120. The summed E-state index contributed by atoms with van der Waals surface area (Å²) < 4.78 is 27.7. The van der Waals surface area contributed by atoms with E-state index in [1.165, 1.54) is 12.1 Å². The van der Waals surface area contributed by atoms with Crippen LogP contribution in [0.25, 0.3) is 0 Å². The van der Waals surface area contributed by atoms with Crippen molar-refractivity contribution < 1.29 is 13.2 Å². The van der Waals surface area contributed by atoms with Gasteiger partial charge in [0.1, 0.15) is 6.54 Å². The van der Waals surface area contributed by atoms with E-state index in [1.54, 1.807) is 42.5 Å². The van der Waals surface area contributed by atoms with Crippen LogP contribution in [0.15, 0.2) is 77.7 Å². The molecule has 0 heterocycles. The molecule has 3 rings (SSSR count). The zero-order valence-corrected chi connectivity index (χ0v) is 19.2. The van der Waals surface area contributed by atoms with Crippen LogP contribution in [0.4, 0.5) is 5.69 Å². The third-order valence-corrected chi connectivity index (χ3v) is 7.05. The molecule has 0 saturated carbocycles. The molecule has 7 heteroatoms. The van der Waals surface area contributed by atoms with Gasteiger partial charge in [-0.3, -0.25) is 9.10 Å². The maximum atomic E-state index is 13.3. The van der Waals surface area contributed by atoms with Gasteiger partial charge in [-0.25, -0.2) is 8.42 Å². The number of nitrogens with zero attached hydrogens (tertiary/aromatic N) is 1. The number of carbonyl (C=O) groups is 1. The van der Waals surface area contributed by atoms with E-state index in [0.717, 1.165) is 21.0 Å². The Hall–Kier alpha value is -2.83. The first-order valence-corrected chi connectivity index (χ1v) is 11.7. The van der Waals surface area contributed by atoms with Crippen molar-refractivity contribution in [1.82, 2.24) is 5.32 Å². The summed E-state index contributed by atoms with van der Waals surface area (Å²) in [5.74, 6) is -0.400. The van der Waals surface area contributed by atoms with Gasteiger partial charge in [-0.15, -0.1) is 0 Å². The van der Waals surface area contributed by atoms with Gasteiger partial charge in [0.2, 0.25) is 5.91 Å². The van der Waals surface area contributed by atoms with Crippen LogP contribution in [-0.2, 0) is 14.8 Å². The third kappa shape index (κ3) is 5.46. The minimum atomic E-state index is -3.95. The van der Waals surface area contributed by atoms with Gasteiger partial charge < -0.3 is 5.32 Å². The topological polar surface area (TPSA) is 66.5 Å². The van der Waals surface area contributed by atoms with E-state index in [1.807, 2.05) is 39.0 Å². The minimum absolute atomic E-state index is 0.111. The molecule has 1 atom stereocenters. The molecule has 0 aromatic heterocycles. The van der Waals surface area contributed by atoms with E-state index in [2.05, 4.69) is 5.32 Å². The van der Waals surface area contributed by atoms with Gasteiger partial charge >= 0.3 is 0 Å². The normalized spacial score (nSPS) is 12.3. The fourth-order valence-electron chi connectivity index (χ4n) is 3.36. The van der Waals surface area contributed by atoms with Gasteiger partial charge in [0.25, 0.3) is 10.0 Å². The van der Waals surface area contributed by atoms with Gasteiger partial charge in [0.15, 0.2) is 0 Å². The van der Waals surface area contributed by atoms with Crippen molar-refractivity contribution in [2.24, 2.45) is 0 Å². The van der Waals surface area contributed by atoms with Gasteiger partial charge in [-0.05, 0) is 68.3 Å². The Morgan fingerprint density at radius 1 is 1.00 bits per heavy atom. The molecule has 0 aliphatic heterocycles. The number of amides is 1. The molecule has 0 aliphatic rings. The summed E-state index contributed by atoms with van der Waals surface area (Å²) in [7, 11) is -3.95. The second-order valence-electron chi connectivity index (χ2n) is 7.45. The summed E-state index contributed by atoms with van der Waals surface area (Å²) in [5.41, 5.74) is 3.51. The van der Waals surface area contributed by atoms with Crippen LogP contribution in [-0.4, -0.2) is 20.9 Å². The number of nitrogens with one attached hydrogen (secondary N) is 1. The highest BCUT2D eigenvalue weighted by molar-refractivity contribution is 7.92. The number of halogens is 1. The van der Waals surface area contributed by atoms with E-state index < -0.39 is 15.9 Å². The predicted molar refractivity (Wildman–Crippen MR) is 125 cm³/mol. The highest BCUT2D eigenvalue weighted by atomic mass is 35.5. The Balaban J connectivity index is 1.89. The largest absolute Gasteiger partial charge is 0.348 e. The second-order valence-corrected chi connectivity index (χ2v) is 9.75. The van der Waals surface area contributed by atoms with E-state index in [-0.39, 0.29) is 17.5 Å². The Bertz CT molecular complexity index is 1160. The average Bonchev–Trinajstić information content (AvgIpc) is 2.75. The molecule has 5 nitrogen and oxygen atoms in total. The predicted octanol–water partition coefficient (Wildman–Crippen LogP) is 5.03. The van der Waals surface area contributed by atoms with Crippen molar-refractivity contribution in [3.05, 3.63) is 94.5 Å². The van der Waals surface area contributed by atoms with E-state index in [4.69, 9.17) is 11.6 Å². The van der Waals surface area contributed by atoms with Crippen LogP contribution < -0.4 is 9.62 Å². The lowest BCUT2D eigenvalue weighted by Crippen LogP contribution is -2.41. The second kappa shape index (κ2) is 9.54. The summed E-state index contributed by atoms with van der Waals surface area (Å²) in [4.78, 5) is 13.0. The van der Waals surface area contributed by atoms with Crippen molar-refractivity contribution >= 4 is 33.2 Å². The molecule has 31 heavy (non-hydrogen) atoms. The highest BCUT2D eigenvalue weighted by Gasteiger charge is 2.27.